The molecular weight excluding hydrogens is 188 g/mol. The first kappa shape index (κ1) is 11.3. The van der Waals surface area contributed by atoms with Crippen molar-refractivity contribution in [3.63, 3.8) is 0 Å². The Labute approximate surface area is 90.3 Å². The van der Waals surface area contributed by atoms with Crippen LogP contribution in [0.1, 0.15) is 31.1 Å². The van der Waals surface area contributed by atoms with Crippen LogP contribution in [0.4, 0.5) is 0 Å². The van der Waals surface area contributed by atoms with Gasteiger partial charge in [0.05, 0.1) is 0 Å². The minimum absolute atomic E-state index is 0.0367. The number of ketones is 1. The van der Waals surface area contributed by atoms with Crippen molar-refractivity contribution in [1.82, 2.24) is 0 Å². The molecule has 0 heterocycles. The predicted molar refractivity (Wildman–Crippen MR) is 60.0 cm³/mol. The standard InChI is InChI=1S/C13H14O2/c1-4-6-10(2)15-13-8-5-7-12(9-13)11(3)14/h5,7-10H,1-3H3. The van der Waals surface area contributed by atoms with Gasteiger partial charge in [0.2, 0.25) is 0 Å². The van der Waals surface area contributed by atoms with Gasteiger partial charge in [-0.25, -0.2) is 0 Å². The lowest BCUT2D eigenvalue weighted by molar-refractivity contribution is 0.101. The van der Waals surface area contributed by atoms with Gasteiger partial charge in [0.15, 0.2) is 11.9 Å². The Kier molecular flexibility index (Phi) is 3.93. The van der Waals surface area contributed by atoms with Gasteiger partial charge in [-0.2, -0.15) is 0 Å². The second-order valence-corrected chi connectivity index (χ2v) is 3.24. The molecule has 0 saturated heterocycles. The fraction of sp³-hybridized carbons (Fsp3) is 0.308. The molecular formula is C13H14O2. The van der Waals surface area contributed by atoms with Gasteiger partial charge in [-0.1, -0.05) is 18.1 Å². The van der Waals surface area contributed by atoms with Crippen LogP contribution in [-0.4, -0.2) is 11.9 Å². The van der Waals surface area contributed by atoms with E-state index in [1.807, 2.05) is 13.0 Å². The Morgan fingerprint density at radius 1 is 1.47 bits per heavy atom. The predicted octanol–water partition coefficient (Wildman–Crippen LogP) is 2.68. The lowest BCUT2D eigenvalue weighted by atomic mass is 10.1. The molecule has 1 unspecified atom stereocenters. The van der Waals surface area contributed by atoms with Crippen LogP contribution >= 0.6 is 0 Å². The van der Waals surface area contributed by atoms with E-state index in [9.17, 15) is 4.79 Å². The van der Waals surface area contributed by atoms with Gasteiger partial charge in [-0.15, -0.1) is 5.92 Å². The monoisotopic (exact) mass is 202 g/mol. The zero-order valence-corrected chi connectivity index (χ0v) is 9.20. The summed E-state index contributed by atoms with van der Waals surface area (Å²) in [5, 5.41) is 0. The second-order valence-electron chi connectivity index (χ2n) is 3.24. The highest BCUT2D eigenvalue weighted by atomic mass is 16.5. The molecule has 0 bridgehead atoms. The molecule has 0 radical (unpaired) electrons. The van der Waals surface area contributed by atoms with Crippen LogP contribution in [-0.2, 0) is 0 Å². The molecule has 0 fully saturated rings. The SMILES string of the molecule is CC#CC(C)Oc1cccc(C(C)=O)c1. The van der Waals surface area contributed by atoms with E-state index in [2.05, 4.69) is 11.8 Å². The number of carbonyl (C=O) groups is 1. The summed E-state index contributed by atoms with van der Waals surface area (Å²) in [4.78, 5) is 11.1. The average molecular weight is 202 g/mol. The fourth-order valence-corrected chi connectivity index (χ4v) is 1.23. The van der Waals surface area contributed by atoms with Crippen LogP contribution in [0.2, 0.25) is 0 Å². The number of carbonyl (C=O) groups excluding carboxylic acids is 1. The minimum atomic E-state index is -0.155. The maximum Gasteiger partial charge on any atom is 0.159 e. The first-order chi connectivity index (χ1) is 7.13. The van der Waals surface area contributed by atoms with Gasteiger partial charge in [0.1, 0.15) is 5.75 Å². The Balaban J connectivity index is 2.80. The van der Waals surface area contributed by atoms with Gasteiger partial charge in [0.25, 0.3) is 0 Å². The van der Waals surface area contributed by atoms with Crippen molar-refractivity contribution in [1.29, 1.82) is 0 Å². The average Bonchev–Trinajstić information content (AvgIpc) is 2.18. The quantitative estimate of drug-likeness (QED) is 0.556. The molecule has 1 aromatic carbocycles. The largest absolute Gasteiger partial charge is 0.478 e. The number of hydrogen-bond acceptors (Lipinski definition) is 2. The zero-order valence-electron chi connectivity index (χ0n) is 9.20. The molecule has 0 aromatic heterocycles. The summed E-state index contributed by atoms with van der Waals surface area (Å²) in [6.07, 6.45) is -0.155. The normalized spacial score (nSPS) is 11.1. The fourth-order valence-electron chi connectivity index (χ4n) is 1.23. The van der Waals surface area contributed by atoms with E-state index >= 15 is 0 Å². The molecule has 15 heavy (non-hydrogen) atoms. The number of hydrogen-bond donors (Lipinski definition) is 0. The van der Waals surface area contributed by atoms with Crippen molar-refractivity contribution in [2.24, 2.45) is 0 Å². The van der Waals surface area contributed by atoms with Gasteiger partial charge < -0.3 is 4.74 Å². The molecule has 0 aliphatic rings. The van der Waals surface area contributed by atoms with Gasteiger partial charge >= 0.3 is 0 Å². The van der Waals surface area contributed by atoms with Gasteiger partial charge in [-0.3, -0.25) is 4.79 Å². The molecule has 78 valence electrons. The first-order valence-corrected chi connectivity index (χ1v) is 4.83. The summed E-state index contributed by atoms with van der Waals surface area (Å²) in [7, 11) is 0. The van der Waals surface area contributed by atoms with E-state index in [-0.39, 0.29) is 11.9 Å². The van der Waals surface area contributed by atoms with Gasteiger partial charge in [0, 0.05) is 5.56 Å². The van der Waals surface area contributed by atoms with Crippen molar-refractivity contribution in [3.8, 4) is 17.6 Å². The summed E-state index contributed by atoms with van der Waals surface area (Å²) in [6.45, 7) is 5.18. The highest BCUT2D eigenvalue weighted by Gasteiger charge is 2.03. The van der Waals surface area contributed by atoms with E-state index in [1.54, 1.807) is 25.1 Å². The topological polar surface area (TPSA) is 26.3 Å². The Morgan fingerprint density at radius 3 is 2.80 bits per heavy atom. The third kappa shape index (κ3) is 3.47. The molecule has 1 atom stereocenters. The lowest BCUT2D eigenvalue weighted by Gasteiger charge is -2.09. The molecule has 1 rings (SSSR count). The Bertz CT molecular complexity index is 410. The van der Waals surface area contributed by atoms with Crippen molar-refractivity contribution >= 4 is 5.78 Å². The number of Topliss-reactive ketones (excluding diaryl/α,β-unsaturated/α-hetero) is 1. The second kappa shape index (κ2) is 5.21. The van der Waals surface area contributed by atoms with Crippen molar-refractivity contribution < 1.29 is 9.53 Å². The number of rotatable bonds is 3. The summed E-state index contributed by atoms with van der Waals surface area (Å²) in [5.41, 5.74) is 0.657. The van der Waals surface area contributed by atoms with Crippen LogP contribution in [0.15, 0.2) is 24.3 Å². The van der Waals surface area contributed by atoms with Gasteiger partial charge in [-0.05, 0) is 32.9 Å². The first-order valence-electron chi connectivity index (χ1n) is 4.83. The maximum absolute atomic E-state index is 11.1. The molecule has 0 aliphatic heterocycles. The number of benzene rings is 1. The maximum atomic E-state index is 11.1. The summed E-state index contributed by atoms with van der Waals surface area (Å²) < 4.78 is 5.52. The molecule has 1 aromatic rings. The summed E-state index contributed by atoms with van der Waals surface area (Å²) in [5.74, 6) is 6.38. The molecule has 0 spiro atoms. The Morgan fingerprint density at radius 2 is 2.20 bits per heavy atom. The van der Waals surface area contributed by atoms with Crippen LogP contribution in [0.25, 0.3) is 0 Å². The third-order valence-electron chi connectivity index (χ3n) is 1.90. The zero-order chi connectivity index (χ0) is 11.3. The molecule has 0 saturated carbocycles. The number of ether oxygens (including phenoxy) is 1. The van der Waals surface area contributed by atoms with E-state index in [1.165, 1.54) is 6.92 Å². The van der Waals surface area contributed by atoms with Crippen LogP contribution in [0, 0.1) is 11.8 Å². The van der Waals surface area contributed by atoms with Crippen LogP contribution < -0.4 is 4.74 Å². The molecule has 2 nitrogen and oxygen atoms in total. The molecule has 0 aliphatic carbocycles. The smallest absolute Gasteiger partial charge is 0.159 e. The molecule has 0 amide bonds. The molecule has 2 heteroatoms. The Hall–Kier alpha value is -1.75. The minimum Gasteiger partial charge on any atom is -0.478 e. The highest BCUT2D eigenvalue weighted by Crippen LogP contribution is 2.15. The molecule has 0 N–H and O–H groups in total. The van der Waals surface area contributed by atoms with Crippen molar-refractivity contribution in [3.05, 3.63) is 29.8 Å². The van der Waals surface area contributed by atoms with Crippen molar-refractivity contribution in [2.45, 2.75) is 26.9 Å². The van der Waals surface area contributed by atoms with E-state index in [0.717, 1.165) is 0 Å². The van der Waals surface area contributed by atoms with Crippen molar-refractivity contribution in [2.75, 3.05) is 0 Å². The van der Waals surface area contributed by atoms with E-state index in [0.29, 0.717) is 11.3 Å². The summed E-state index contributed by atoms with van der Waals surface area (Å²) >= 11 is 0. The van der Waals surface area contributed by atoms with Crippen LogP contribution in [0.3, 0.4) is 0 Å². The van der Waals surface area contributed by atoms with E-state index < -0.39 is 0 Å². The highest BCUT2D eigenvalue weighted by molar-refractivity contribution is 5.94. The van der Waals surface area contributed by atoms with Crippen LogP contribution in [0.5, 0.6) is 5.75 Å². The summed E-state index contributed by atoms with van der Waals surface area (Å²) in [6, 6.07) is 7.12. The van der Waals surface area contributed by atoms with E-state index in [4.69, 9.17) is 4.74 Å². The third-order valence-corrected chi connectivity index (χ3v) is 1.90. The lowest BCUT2D eigenvalue weighted by Crippen LogP contribution is -2.08.